The topological polar surface area (TPSA) is 55.4 Å². The number of halogens is 1. The standard InChI is InChI=1S/C15H12ClNO3/c16-13-3-1-2-4-14(13)17-15(19)10-20-12-7-5-11(9-18)6-8-12/h1-9H,10H2,(H,17,19). The van der Waals surface area contributed by atoms with Gasteiger partial charge in [-0.3, -0.25) is 9.59 Å². The molecule has 0 saturated heterocycles. The van der Waals surface area contributed by atoms with Gasteiger partial charge in [-0.05, 0) is 36.4 Å². The second kappa shape index (κ2) is 6.73. The summed E-state index contributed by atoms with van der Waals surface area (Å²) in [4.78, 5) is 22.2. The van der Waals surface area contributed by atoms with Crippen molar-refractivity contribution in [2.45, 2.75) is 0 Å². The molecule has 0 unspecified atom stereocenters. The quantitative estimate of drug-likeness (QED) is 0.860. The number of carbonyl (C=O) groups is 2. The molecule has 2 aromatic carbocycles. The van der Waals surface area contributed by atoms with E-state index in [-0.39, 0.29) is 12.5 Å². The molecule has 0 radical (unpaired) electrons. The third-order valence-corrected chi connectivity index (χ3v) is 2.86. The summed E-state index contributed by atoms with van der Waals surface area (Å²) in [5.74, 6) is 0.211. The predicted octanol–water partition coefficient (Wildman–Crippen LogP) is 3.17. The van der Waals surface area contributed by atoms with E-state index in [1.807, 2.05) is 0 Å². The van der Waals surface area contributed by atoms with Crippen LogP contribution in [0.1, 0.15) is 10.4 Å². The minimum atomic E-state index is -0.308. The highest BCUT2D eigenvalue weighted by Gasteiger charge is 2.06. The Kier molecular flexibility index (Phi) is 4.74. The molecule has 1 amide bonds. The van der Waals surface area contributed by atoms with E-state index in [1.165, 1.54) is 0 Å². The van der Waals surface area contributed by atoms with Crippen LogP contribution in [0.4, 0.5) is 5.69 Å². The summed E-state index contributed by atoms with van der Waals surface area (Å²) in [7, 11) is 0. The lowest BCUT2D eigenvalue weighted by Gasteiger charge is -2.08. The maximum Gasteiger partial charge on any atom is 0.262 e. The molecule has 0 spiro atoms. The van der Waals surface area contributed by atoms with Crippen LogP contribution < -0.4 is 10.1 Å². The van der Waals surface area contributed by atoms with E-state index in [9.17, 15) is 9.59 Å². The van der Waals surface area contributed by atoms with Crippen LogP contribution in [0.3, 0.4) is 0 Å². The number of benzene rings is 2. The van der Waals surface area contributed by atoms with Crippen LogP contribution in [0.15, 0.2) is 48.5 Å². The monoisotopic (exact) mass is 289 g/mol. The number of ether oxygens (including phenoxy) is 1. The molecule has 2 aromatic rings. The van der Waals surface area contributed by atoms with E-state index >= 15 is 0 Å². The number of rotatable bonds is 5. The number of aldehydes is 1. The van der Waals surface area contributed by atoms with Gasteiger partial charge in [0, 0.05) is 5.56 Å². The summed E-state index contributed by atoms with van der Waals surface area (Å²) in [6.45, 7) is -0.133. The van der Waals surface area contributed by atoms with E-state index in [1.54, 1.807) is 48.5 Å². The number of hydrogen-bond acceptors (Lipinski definition) is 3. The van der Waals surface area contributed by atoms with Gasteiger partial charge in [0.2, 0.25) is 0 Å². The zero-order valence-electron chi connectivity index (χ0n) is 10.5. The molecule has 0 heterocycles. The molecule has 0 aromatic heterocycles. The summed E-state index contributed by atoms with van der Waals surface area (Å²) in [5.41, 5.74) is 1.09. The molecule has 0 aliphatic rings. The van der Waals surface area contributed by atoms with Crippen LogP contribution in [-0.4, -0.2) is 18.8 Å². The first-order chi connectivity index (χ1) is 9.69. The molecule has 5 heteroatoms. The highest BCUT2D eigenvalue weighted by atomic mass is 35.5. The average molecular weight is 290 g/mol. The van der Waals surface area contributed by atoms with Crippen molar-refractivity contribution >= 4 is 29.5 Å². The summed E-state index contributed by atoms with van der Waals surface area (Å²) < 4.78 is 5.31. The smallest absolute Gasteiger partial charge is 0.262 e. The summed E-state index contributed by atoms with van der Waals surface area (Å²) >= 11 is 5.93. The van der Waals surface area contributed by atoms with Crippen LogP contribution in [0.2, 0.25) is 5.02 Å². The summed E-state index contributed by atoms with van der Waals surface area (Å²) in [5, 5.41) is 3.12. The van der Waals surface area contributed by atoms with E-state index in [0.29, 0.717) is 22.0 Å². The van der Waals surface area contributed by atoms with E-state index in [0.717, 1.165) is 6.29 Å². The van der Waals surface area contributed by atoms with Crippen LogP contribution >= 0.6 is 11.6 Å². The Hall–Kier alpha value is -2.33. The lowest BCUT2D eigenvalue weighted by Crippen LogP contribution is -2.20. The van der Waals surface area contributed by atoms with Crippen molar-refractivity contribution in [2.75, 3.05) is 11.9 Å². The maximum atomic E-state index is 11.7. The van der Waals surface area contributed by atoms with E-state index < -0.39 is 0 Å². The fraction of sp³-hybridized carbons (Fsp3) is 0.0667. The number of nitrogens with one attached hydrogen (secondary N) is 1. The molecule has 0 aliphatic carbocycles. The Balaban J connectivity index is 1.88. The average Bonchev–Trinajstić information content (AvgIpc) is 2.48. The Morgan fingerprint density at radius 3 is 2.50 bits per heavy atom. The van der Waals surface area contributed by atoms with Gasteiger partial charge >= 0.3 is 0 Å². The fourth-order valence-corrected chi connectivity index (χ4v) is 1.72. The van der Waals surface area contributed by atoms with Crippen molar-refractivity contribution < 1.29 is 14.3 Å². The number of amides is 1. The molecule has 1 N–H and O–H groups in total. The minimum Gasteiger partial charge on any atom is -0.484 e. The van der Waals surface area contributed by atoms with Gasteiger partial charge in [0.15, 0.2) is 6.61 Å². The van der Waals surface area contributed by atoms with E-state index in [2.05, 4.69) is 5.32 Å². The van der Waals surface area contributed by atoms with E-state index in [4.69, 9.17) is 16.3 Å². The first kappa shape index (κ1) is 14.1. The molecular weight excluding hydrogens is 278 g/mol. The maximum absolute atomic E-state index is 11.7. The Labute approximate surface area is 121 Å². The van der Waals surface area contributed by atoms with Gasteiger partial charge in [-0.1, -0.05) is 23.7 Å². The SMILES string of the molecule is O=Cc1ccc(OCC(=O)Nc2ccccc2Cl)cc1. The lowest BCUT2D eigenvalue weighted by atomic mass is 10.2. The van der Waals surface area contributed by atoms with Gasteiger partial charge < -0.3 is 10.1 Å². The van der Waals surface area contributed by atoms with Crippen molar-refractivity contribution in [3.8, 4) is 5.75 Å². The van der Waals surface area contributed by atoms with Crippen molar-refractivity contribution in [1.82, 2.24) is 0 Å². The zero-order valence-corrected chi connectivity index (χ0v) is 11.3. The molecule has 2 rings (SSSR count). The van der Waals surface area contributed by atoms with Crippen LogP contribution in [-0.2, 0) is 4.79 Å². The third kappa shape index (κ3) is 3.83. The molecule has 4 nitrogen and oxygen atoms in total. The van der Waals surface area contributed by atoms with Crippen LogP contribution in [0.25, 0.3) is 0 Å². The van der Waals surface area contributed by atoms with Gasteiger partial charge in [0.25, 0.3) is 5.91 Å². The molecular formula is C15H12ClNO3. The minimum absolute atomic E-state index is 0.133. The van der Waals surface area contributed by atoms with Gasteiger partial charge in [-0.15, -0.1) is 0 Å². The van der Waals surface area contributed by atoms with Crippen molar-refractivity contribution in [2.24, 2.45) is 0 Å². The molecule has 102 valence electrons. The highest BCUT2D eigenvalue weighted by molar-refractivity contribution is 6.33. The molecule has 0 bridgehead atoms. The Morgan fingerprint density at radius 2 is 1.85 bits per heavy atom. The van der Waals surface area contributed by atoms with Crippen molar-refractivity contribution in [3.05, 3.63) is 59.1 Å². The first-order valence-corrected chi connectivity index (χ1v) is 6.29. The van der Waals surface area contributed by atoms with Gasteiger partial charge in [0.1, 0.15) is 12.0 Å². The lowest BCUT2D eigenvalue weighted by molar-refractivity contribution is -0.118. The molecule has 0 fully saturated rings. The van der Waals surface area contributed by atoms with Crippen molar-refractivity contribution in [1.29, 1.82) is 0 Å². The predicted molar refractivity (Wildman–Crippen MR) is 77.4 cm³/mol. The van der Waals surface area contributed by atoms with Gasteiger partial charge in [-0.25, -0.2) is 0 Å². The number of anilines is 1. The highest BCUT2D eigenvalue weighted by Crippen LogP contribution is 2.20. The van der Waals surface area contributed by atoms with Gasteiger partial charge in [-0.2, -0.15) is 0 Å². The molecule has 20 heavy (non-hydrogen) atoms. The second-order valence-corrected chi connectivity index (χ2v) is 4.41. The molecule has 0 saturated carbocycles. The van der Waals surface area contributed by atoms with Crippen LogP contribution in [0.5, 0.6) is 5.75 Å². The number of para-hydroxylation sites is 1. The Bertz CT molecular complexity index is 611. The summed E-state index contributed by atoms with van der Waals surface area (Å²) in [6, 6.07) is 13.5. The molecule has 0 aliphatic heterocycles. The van der Waals surface area contributed by atoms with Gasteiger partial charge in [0.05, 0.1) is 10.7 Å². The second-order valence-electron chi connectivity index (χ2n) is 4.00. The largest absolute Gasteiger partial charge is 0.484 e. The number of carbonyl (C=O) groups excluding carboxylic acids is 2. The fourth-order valence-electron chi connectivity index (χ4n) is 1.54. The zero-order chi connectivity index (χ0) is 14.4. The normalized spacial score (nSPS) is 9.85. The Morgan fingerprint density at radius 1 is 1.15 bits per heavy atom. The summed E-state index contributed by atoms with van der Waals surface area (Å²) in [6.07, 6.45) is 0.744. The third-order valence-electron chi connectivity index (χ3n) is 2.53. The van der Waals surface area contributed by atoms with Crippen molar-refractivity contribution in [3.63, 3.8) is 0 Å². The first-order valence-electron chi connectivity index (χ1n) is 5.91. The van der Waals surface area contributed by atoms with Crippen LogP contribution in [0, 0.1) is 0 Å². The number of hydrogen-bond donors (Lipinski definition) is 1. The molecule has 0 atom stereocenters.